The molecule has 2 saturated heterocycles. The third-order valence-corrected chi connectivity index (χ3v) is 6.63. The van der Waals surface area contributed by atoms with E-state index >= 15 is 0 Å². The molecule has 0 aliphatic carbocycles. The highest BCUT2D eigenvalue weighted by atomic mass is 16.7. The van der Waals surface area contributed by atoms with Crippen LogP contribution in [0.25, 0.3) is 0 Å². The van der Waals surface area contributed by atoms with Crippen LogP contribution in [0.4, 0.5) is 10.5 Å². The molecule has 38 heavy (non-hydrogen) atoms. The Balaban J connectivity index is 1.87. The number of methoxy groups -OCH3 is 1. The molecule has 0 radical (unpaired) electrons. The fraction of sp³-hybridized carbons (Fsp3) is 0.517. The van der Waals surface area contributed by atoms with Crippen LogP contribution < -0.4 is 14.4 Å². The zero-order valence-electron chi connectivity index (χ0n) is 22.8. The van der Waals surface area contributed by atoms with Gasteiger partial charge in [-0.25, -0.2) is 9.69 Å². The van der Waals surface area contributed by atoms with Crippen LogP contribution in [0.1, 0.15) is 56.8 Å². The zero-order chi connectivity index (χ0) is 27.6. The largest absolute Gasteiger partial charge is 0.493 e. The van der Waals surface area contributed by atoms with Crippen molar-refractivity contribution in [3.63, 3.8) is 0 Å². The molecule has 3 unspecified atom stereocenters. The number of nitrogens with zero attached hydrogens (tertiary/aromatic N) is 2. The van der Waals surface area contributed by atoms with Gasteiger partial charge in [0.1, 0.15) is 12.2 Å². The molecule has 9 heteroatoms. The molecule has 0 spiro atoms. The summed E-state index contributed by atoms with van der Waals surface area (Å²) in [5.41, 5.74) is 1.34. The highest BCUT2D eigenvalue weighted by Crippen LogP contribution is 2.43. The molecule has 3 atom stereocenters. The van der Waals surface area contributed by atoms with Crippen molar-refractivity contribution in [2.75, 3.05) is 31.8 Å². The van der Waals surface area contributed by atoms with Crippen LogP contribution in [-0.4, -0.2) is 67.9 Å². The monoisotopic (exact) mass is 526 g/mol. The predicted molar refractivity (Wildman–Crippen MR) is 144 cm³/mol. The normalized spacial score (nSPS) is 23.3. The molecule has 0 N–H and O–H groups in total. The highest BCUT2D eigenvalue weighted by Gasteiger charge is 2.49. The minimum atomic E-state index is -0.873. The molecular weight excluding hydrogens is 488 g/mol. The van der Waals surface area contributed by atoms with Gasteiger partial charge in [-0.1, -0.05) is 31.4 Å². The smallest absolute Gasteiger partial charge is 0.417 e. The maximum absolute atomic E-state index is 13.9. The summed E-state index contributed by atoms with van der Waals surface area (Å²) in [6.45, 7) is 18.2. The highest BCUT2D eigenvalue weighted by molar-refractivity contribution is 6.06. The summed E-state index contributed by atoms with van der Waals surface area (Å²) in [7, 11) is 1.50. The van der Waals surface area contributed by atoms with Crippen LogP contribution >= 0.6 is 0 Å². The molecule has 3 heterocycles. The first-order valence-corrected chi connectivity index (χ1v) is 12.9. The quantitative estimate of drug-likeness (QED) is 0.356. The summed E-state index contributed by atoms with van der Waals surface area (Å²) in [5.74, 6) is 0.436. The number of carbonyl (C=O) groups excluding carboxylic acids is 2. The Bertz CT molecular complexity index is 1120. The van der Waals surface area contributed by atoms with Crippen LogP contribution in [0.3, 0.4) is 0 Å². The molecule has 2 fully saturated rings. The Morgan fingerprint density at radius 1 is 1.24 bits per heavy atom. The maximum atomic E-state index is 13.9. The van der Waals surface area contributed by atoms with Gasteiger partial charge >= 0.3 is 6.09 Å². The first-order chi connectivity index (χ1) is 18.0. The van der Waals surface area contributed by atoms with E-state index in [1.807, 2.05) is 0 Å². The molecule has 0 bridgehead atoms. The molecule has 0 aromatic heterocycles. The van der Waals surface area contributed by atoms with Crippen molar-refractivity contribution in [2.45, 2.75) is 70.6 Å². The molecule has 1 aromatic rings. The van der Waals surface area contributed by atoms with Crippen molar-refractivity contribution in [1.29, 1.82) is 0 Å². The topological polar surface area (TPSA) is 86.8 Å². The van der Waals surface area contributed by atoms with Crippen molar-refractivity contribution in [3.05, 3.63) is 54.7 Å². The lowest BCUT2D eigenvalue weighted by Gasteiger charge is -2.39. The van der Waals surface area contributed by atoms with E-state index < -0.39 is 30.3 Å². The molecule has 1 aromatic carbocycles. The Kier molecular flexibility index (Phi) is 8.18. The van der Waals surface area contributed by atoms with E-state index in [0.717, 1.165) is 18.4 Å². The lowest BCUT2D eigenvalue weighted by Crippen LogP contribution is -2.54. The standard InChI is InChI=1S/C29H38N2O7/c1-8-18(2)17-36-24-15-21-20(14-23(24)34-7)26(32)30-16-19(3)13-22(30)27(37-25-11-9-10-12-35-25)31(21)28(33)38-29(4,5)6/h8,14-15,22,25,27H,1-3,9-13,16-17H2,4-7H3. The van der Waals surface area contributed by atoms with Gasteiger partial charge in [-0.2, -0.15) is 0 Å². The Morgan fingerprint density at radius 2 is 2.00 bits per heavy atom. The summed E-state index contributed by atoms with van der Waals surface area (Å²) < 4.78 is 29.8. The number of ether oxygens (including phenoxy) is 5. The van der Waals surface area contributed by atoms with E-state index in [0.29, 0.717) is 48.8 Å². The van der Waals surface area contributed by atoms with Gasteiger partial charge in [0.15, 0.2) is 24.0 Å². The number of carbonyl (C=O) groups is 2. The van der Waals surface area contributed by atoms with Crippen molar-refractivity contribution < 1.29 is 33.3 Å². The Hall–Kier alpha value is -3.30. The fourth-order valence-corrected chi connectivity index (χ4v) is 4.83. The molecule has 4 rings (SSSR count). The van der Waals surface area contributed by atoms with E-state index in [2.05, 4.69) is 19.7 Å². The van der Waals surface area contributed by atoms with Gasteiger partial charge in [-0.15, -0.1) is 0 Å². The molecule has 3 aliphatic heterocycles. The first-order valence-electron chi connectivity index (χ1n) is 12.9. The van der Waals surface area contributed by atoms with Gasteiger partial charge in [0.05, 0.1) is 24.4 Å². The van der Waals surface area contributed by atoms with Crippen LogP contribution in [0.2, 0.25) is 0 Å². The van der Waals surface area contributed by atoms with Gasteiger partial charge in [-0.3, -0.25) is 4.79 Å². The number of rotatable bonds is 7. The van der Waals surface area contributed by atoms with E-state index in [9.17, 15) is 9.59 Å². The minimum Gasteiger partial charge on any atom is -0.493 e. The predicted octanol–water partition coefficient (Wildman–Crippen LogP) is 5.21. The fourth-order valence-electron chi connectivity index (χ4n) is 4.83. The SMILES string of the molecule is C=CC(=C)COc1cc2c(cc1OC)C(=O)N1CC(=C)CC1C(OC1CCCCO1)N2C(=O)OC(C)(C)C. The van der Waals surface area contributed by atoms with E-state index in [-0.39, 0.29) is 18.1 Å². The first kappa shape index (κ1) is 27.7. The lowest BCUT2D eigenvalue weighted by atomic mass is 10.1. The van der Waals surface area contributed by atoms with Crippen molar-refractivity contribution in [2.24, 2.45) is 0 Å². The second-order valence-electron chi connectivity index (χ2n) is 10.8. The summed E-state index contributed by atoms with van der Waals surface area (Å²) in [5, 5.41) is 0. The van der Waals surface area contributed by atoms with Gasteiger partial charge in [0.2, 0.25) is 0 Å². The van der Waals surface area contributed by atoms with Gasteiger partial charge in [-0.05, 0) is 58.1 Å². The number of hydrogen-bond donors (Lipinski definition) is 0. The molecule has 9 nitrogen and oxygen atoms in total. The van der Waals surface area contributed by atoms with Crippen molar-refractivity contribution in [1.82, 2.24) is 4.90 Å². The molecule has 206 valence electrons. The second-order valence-corrected chi connectivity index (χ2v) is 10.8. The third kappa shape index (κ3) is 5.89. The van der Waals surface area contributed by atoms with Crippen LogP contribution in [-0.2, 0) is 14.2 Å². The van der Waals surface area contributed by atoms with E-state index in [1.54, 1.807) is 43.9 Å². The maximum Gasteiger partial charge on any atom is 0.417 e. The molecule has 2 amide bonds. The summed E-state index contributed by atoms with van der Waals surface area (Å²) in [6.07, 6.45) is 2.63. The van der Waals surface area contributed by atoms with Crippen molar-refractivity contribution >= 4 is 17.7 Å². The Morgan fingerprint density at radius 3 is 2.63 bits per heavy atom. The summed E-state index contributed by atoms with van der Waals surface area (Å²) in [4.78, 5) is 30.9. The van der Waals surface area contributed by atoms with Crippen LogP contribution in [0.15, 0.2) is 49.1 Å². The van der Waals surface area contributed by atoms with Gasteiger partial charge in [0.25, 0.3) is 5.91 Å². The Labute approximate surface area is 224 Å². The third-order valence-electron chi connectivity index (χ3n) is 6.63. The van der Waals surface area contributed by atoms with Gasteiger partial charge < -0.3 is 28.6 Å². The molecule has 0 saturated carbocycles. The number of benzene rings is 1. The summed E-state index contributed by atoms with van der Waals surface area (Å²) in [6, 6.07) is 2.75. The van der Waals surface area contributed by atoms with E-state index in [4.69, 9.17) is 23.7 Å². The zero-order valence-corrected chi connectivity index (χ0v) is 22.8. The number of amides is 2. The number of fused-ring (bicyclic) bond motifs is 2. The summed E-state index contributed by atoms with van der Waals surface area (Å²) >= 11 is 0. The average molecular weight is 527 g/mol. The van der Waals surface area contributed by atoms with Crippen LogP contribution in [0, 0.1) is 0 Å². The lowest BCUT2D eigenvalue weighted by molar-refractivity contribution is -0.195. The average Bonchev–Trinajstić information content (AvgIpc) is 3.23. The van der Waals surface area contributed by atoms with Crippen LogP contribution in [0.5, 0.6) is 11.5 Å². The molecular formula is C29H38N2O7. The second kappa shape index (κ2) is 11.2. The van der Waals surface area contributed by atoms with E-state index in [1.165, 1.54) is 12.0 Å². The van der Waals surface area contributed by atoms with Crippen molar-refractivity contribution in [3.8, 4) is 11.5 Å². The minimum absolute atomic E-state index is 0.156. The van der Waals surface area contributed by atoms with Gasteiger partial charge in [0, 0.05) is 19.2 Å². The number of anilines is 1. The number of hydrogen-bond acceptors (Lipinski definition) is 7. The molecule has 3 aliphatic rings.